The van der Waals surface area contributed by atoms with Crippen LogP contribution in [0.25, 0.3) is 0 Å². The molecule has 0 aromatic heterocycles. The third-order valence-corrected chi connectivity index (χ3v) is 5.39. The normalized spacial score (nSPS) is 14.3. The van der Waals surface area contributed by atoms with Crippen LogP contribution in [0.15, 0.2) is 41.4 Å². The Kier molecular flexibility index (Phi) is 7.98. The maximum atomic E-state index is 13.6. The lowest BCUT2D eigenvalue weighted by atomic mass is 10.0. The van der Waals surface area contributed by atoms with Crippen molar-refractivity contribution in [3.05, 3.63) is 58.7 Å². The molecule has 0 amide bonds. The summed E-state index contributed by atoms with van der Waals surface area (Å²) in [5.41, 5.74) is -2.12. The van der Waals surface area contributed by atoms with Crippen molar-refractivity contribution in [3.8, 4) is 17.6 Å². The molecule has 2 aromatic carbocycles. The van der Waals surface area contributed by atoms with E-state index in [9.17, 15) is 26.3 Å². The molecule has 0 N–H and O–H groups in total. The van der Waals surface area contributed by atoms with Crippen molar-refractivity contribution < 1.29 is 35.8 Å². The molecule has 1 aliphatic rings. The number of hydrogen-bond acceptors (Lipinski definition) is 4. The third-order valence-electron chi connectivity index (χ3n) is 5.39. The van der Waals surface area contributed by atoms with Crippen LogP contribution in [-0.4, -0.2) is 25.0 Å². The van der Waals surface area contributed by atoms with Crippen molar-refractivity contribution in [1.29, 1.82) is 5.26 Å². The fraction of sp³-hybridized carbons (Fsp3) is 0.440. The molecule has 2 aromatic rings. The molecule has 0 saturated carbocycles. The minimum atomic E-state index is -4.74. The molecule has 1 unspecified atom stereocenters. The summed E-state index contributed by atoms with van der Waals surface area (Å²) in [6.07, 6.45) is -8.09. The van der Waals surface area contributed by atoms with E-state index in [1.807, 2.05) is 13.8 Å². The van der Waals surface area contributed by atoms with Gasteiger partial charge in [-0.25, -0.2) is 0 Å². The number of rotatable bonds is 10. The Bertz CT molecular complexity index is 1120. The van der Waals surface area contributed by atoms with E-state index in [2.05, 4.69) is 4.99 Å². The van der Waals surface area contributed by atoms with Crippen molar-refractivity contribution in [3.63, 3.8) is 0 Å². The molecule has 0 bridgehead atoms. The first-order valence-electron chi connectivity index (χ1n) is 11.0. The van der Waals surface area contributed by atoms with E-state index in [0.717, 1.165) is 24.6 Å². The van der Waals surface area contributed by atoms with E-state index >= 15 is 0 Å². The van der Waals surface area contributed by atoms with Gasteiger partial charge in [0.1, 0.15) is 24.2 Å². The summed E-state index contributed by atoms with van der Waals surface area (Å²) in [5.74, 6) is 0.253. The molecule has 0 radical (unpaired) electrons. The number of alkyl halides is 6. The highest BCUT2D eigenvalue weighted by Crippen LogP contribution is 2.37. The second-order valence-electron chi connectivity index (χ2n) is 8.66. The fourth-order valence-electron chi connectivity index (χ4n) is 3.55. The molecule has 188 valence electrons. The summed E-state index contributed by atoms with van der Waals surface area (Å²) in [5, 5.41) is 8.94. The molecule has 10 heteroatoms. The van der Waals surface area contributed by atoms with E-state index in [4.69, 9.17) is 14.7 Å². The standard InChI is InChI=1S/C25H24F6N2O2/c1-15(2)4-3-5-19(14-34-17-7-6-16(12-32)21(10-17)24(26,27)28)35-18-8-9-20(23-13-33-23)22(11-18)25(29,30)31/h6-11,15,19H,3-5,13-14H2,1-2H3. The van der Waals surface area contributed by atoms with Crippen molar-refractivity contribution in [2.24, 2.45) is 10.9 Å². The summed E-state index contributed by atoms with van der Waals surface area (Å²) in [6, 6.07) is 8.13. The predicted octanol–water partition coefficient (Wildman–Crippen LogP) is 7.05. The Balaban J connectivity index is 1.79. The zero-order valence-corrected chi connectivity index (χ0v) is 19.1. The van der Waals surface area contributed by atoms with E-state index < -0.39 is 35.1 Å². The van der Waals surface area contributed by atoms with Crippen molar-refractivity contribution >= 4 is 5.71 Å². The Morgan fingerprint density at radius 2 is 1.57 bits per heavy atom. The van der Waals surface area contributed by atoms with Gasteiger partial charge in [0.2, 0.25) is 0 Å². The Labute approximate surface area is 199 Å². The zero-order valence-electron chi connectivity index (χ0n) is 19.1. The summed E-state index contributed by atoms with van der Waals surface area (Å²) < 4.78 is 91.7. The highest BCUT2D eigenvalue weighted by Gasteiger charge is 2.37. The van der Waals surface area contributed by atoms with Crippen LogP contribution in [-0.2, 0) is 12.4 Å². The van der Waals surface area contributed by atoms with Crippen LogP contribution in [0.5, 0.6) is 11.5 Å². The van der Waals surface area contributed by atoms with Crippen LogP contribution >= 0.6 is 0 Å². The van der Waals surface area contributed by atoms with Gasteiger partial charge in [-0.15, -0.1) is 0 Å². The molecule has 1 aliphatic heterocycles. The molecule has 1 atom stereocenters. The Hall–Kier alpha value is -3.22. The quantitative estimate of drug-likeness (QED) is 0.330. The van der Waals surface area contributed by atoms with Crippen LogP contribution in [0.2, 0.25) is 0 Å². The lowest BCUT2D eigenvalue weighted by Gasteiger charge is -2.22. The average Bonchev–Trinajstić information content (AvgIpc) is 3.61. The monoisotopic (exact) mass is 498 g/mol. The zero-order chi connectivity index (χ0) is 25.8. The van der Waals surface area contributed by atoms with E-state index in [1.54, 1.807) is 0 Å². The first kappa shape index (κ1) is 26.4. The molecular formula is C25H24F6N2O2. The third kappa shape index (κ3) is 7.38. The van der Waals surface area contributed by atoms with Gasteiger partial charge in [-0.3, -0.25) is 4.99 Å². The Morgan fingerprint density at radius 1 is 0.943 bits per heavy atom. The number of aliphatic imine (C=N–C) groups is 1. The number of halogens is 6. The number of nitrogens with zero attached hydrogens (tertiary/aromatic N) is 2. The first-order valence-corrected chi connectivity index (χ1v) is 11.0. The number of ether oxygens (including phenoxy) is 2. The highest BCUT2D eigenvalue weighted by molar-refractivity contribution is 6.11. The Morgan fingerprint density at radius 3 is 2.14 bits per heavy atom. The average molecular weight is 498 g/mol. The molecule has 0 aliphatic carbocycles. The second-order valence-corrected chi connectivity index (χ2v) is 8.66. The highest BCUT2D eigenvalue weighted by atomic mass is 19.4. The molecule has 0 spiro atoms. The van der Waals surface area contributed by atoms with E-state index in [-0.39, 0.29) is 30.2 Å². The van der Waals surface area contributed by atoms with Crippen LogP contribution in [0, 0.1) is 17.2 Å². The molecule has 4 nitrogen and oxygen atoms in total. The van der Waals surface area contributed by atoms with E-state index in [0.29, 0.717) is 24.5 Å². The molecule has 0 fully saturated rings. The minimum absolute atomic E-state index is 0.00900. The lowest BCUT2D eigenvalue weighted by molar-refractivity contribution is -0.138. The first-order chi connectivity index (χ1) is 16.4. The minimum Gasteiger partial charge on any atom is -0.490 e. The van der Waals surface area contributed by atoms with Crippen LogP contribution in [0.1, 0.15) is 55.4 Å². The summed E-state index contributed by atoms with van der Waals surface area (Å²) in [4.78, 5) is 3.85. The van der Waals surface area contributed by atoms with Gasteiger partial charge in [0.25, 0.3) is 0 Å². The molecule has 1 heterocycles. The van der Waals surface area contributed by atoms with Crippen LogP contribution < -0.4 is 9.47 Å². The largest absolute Gasteiger partial charge is 0.490 e. The van der Waals surface area contributed by atoms with Gasteiger partial charge < -0.3 is 9.47 Å². The summed E-state index contributed by atoms with van der Waals surface area (Å²) in [7, 11) is 0. The van der Waals surface area contributed by atoms with Crippen LogP contribution in [0.4, 0.5) is 26.3 Å². The van der Waals surface area contributed by atoms with Gasteiger partial charge in [-0.05, 0) is 55.2 Å². The lowest BCUT2D eigenvalue weighted by Crippen LogP contribution is -2.25. The second kappa shape index (κ2) is 10.6. The van der Waals surface area contributed by atoms with E-state index in [1.165, 1.54) is 24.3 Å². The molecule has 3 rings (SSSR count). The maximum Gasteiger partial charge on any atom is 0.417 e. The summed E-state index contributed by atoms with van der Waals surface area (Å²) >= 11 is 0. The van der Waals surface area contributed by atoms with Crippen molar-refractivity contribution in [1.82, 2.24) is 0 Å². The molecule has 0 saturated heterocycles. The smallest absolute Gasteiger partial charge is 0.417 e. The number of benzene rings is 2. The fourth-order valence-corrected chi connectivity index (χ4v) is 3.55. The predicted molar refractivity (Wildman–Crippen MR) is 118 cm³/mol. The SMILES string of the molecule is CC(C)CCCC(COc1ccc(C#N)c(C(F)(F)F)c1)Oc1ccc(C2=NC2)c(C(F)(F)F)c1. The number of nitriles is 1. The van der Waals surface area contributed by atoms with Gasteiger partial charge in [-0.2, -0.15) is 31.6 Å². The number of hydrogen-bond donors (Lipinski definition) is 0. The van der Waals surface area contributed by atoms with Gasteiger partial charge >= 0.3 is 12.4 Å². The molecular weight excluding hydrogens is 474 g/mol. The van der Waals surface area contributed by atoms with Crippen molar-refractivity contribution in [2.45, 2.75) is 51.6 Å². The summed E-state index contributed by atoms with van der Waals surface area (Å²) in [6.45, 7) is 4.13. The van der Waals surface area contributed by atoms with Gasteiger partial charge in [-0.1, -0.05) is 20.3 Å². The topological polar surface area (TPSA) is 54.6 Å². The van der Waals surface area contributed by atoms with Crippen LogP contribution in [0.3, 0.4) is 0 Å². The van der Waals surface area contributed by atoms with Gasteiger partial charge in [0, 0.05) is 5.56 Å². The van der Waals surface area contributed by atoms with Gasteiger partial charge in [0.05, 0.1) is 35.0 Å². The van der Waals surface area contributed by atoms with Crippen molar-refractivity contribution in [2.75, 3.05) is 13.2 Å². The molecule has 35 heavy (non-hydrogen) atoms. The maximum absolute atomic E-state index is 13.6. The van der Waals surface area contributed by atoms with Gasteiger partial charge in [0.15, 0.2) is 0 Å².